The lowest BCUT2D eigenvalue weighted by atomic mass is 10.2. The minimum Gasteiger partial charge on any atom is -0.462 e. The summed E-state index contributed by atoms with van der Waals surface area (Å²) in [6.07, 6.45) is 3.52. The Balaban J connectivity index is 2.87. The van der Waals surface area contributed by atoms with Crippen molar-refractivity contribution >= 4 is 11.0 Å². The van der Waals surface area contributed by atoms with Crippen LogP contribution in [0.2, 0.25) is 0 Å². The molecular weight excluding hydrogens is 138 g/mol. The summed E-state index contributed by atoms with van der Waals surface area (Å²) in [6.45, 7) is 4.01. The van der Waals surface area contributed by atoms with Crippen LogP contribution in [0.25, 0.3) is 11.0 Å². The smallest absolute Gasteiger partial charge is 0.152 e. The number of nitrogens with zero attached hydrogens (tertiary/aromatic N) is 1. The molecular formula is C9H9NO. The predicted octanol–water partition coefficient (Wildman–Crippen LogP) is 2.44. The third-order valence-electron chi connectivity index (χ3n) is 1.79. The number of aryl methyl sites for hydroxylation is 2. The minimum atomic E-state index is 0.869. The van der Waals surface area contributed by atoms with Gasteiger partial charge in [0.2, 0.25) is 0 Å². The highest BCUT2D eigenvalue weighted by molar-refractivity contribution is 5.80. The number of furan rings is 1. The van der Waals surface area contributed by atoms with Crippen LogP contribution in [0.15, 0.2) is 22.9 Å². The quantitative estimate of drug-likeness (QED) is 0.572. The van der Waals surface area contributed by atoms with Crippen molar-refractivity contribution in [2.45, 2.75) is 13.8 Å². The molecule has 2 heterocycles. The van der Waals surface area contributed by atoms with E-state index in [1.54, 1.807) is 12.5 Å². The van der Waals surface area contributed by atoms with Gasteiger partial charge in [-0.3, -0.25) is 4.98 Å². The van der Waals surface area contributed by atoms with Gasteiger partial charge in [-0.25, -0.2) is 0 Å². The van der Waals surface area contributed by atoms with E-state index in [1.165, 1.54) is 5.56 Å². The van der Waals surface area contributed by atoms with Gasteiger partial charge in [-0.05, 0) is 25.5 Å². The molecule has 0 bridgehead atoms. The van der Waals surface area contributed by atoms with Gasteiger partial charge in [0.1, 0.15) is 0 Å². The van der Waals surface area contributed by atoms with E-state index in [0.717, 1.165) is 16.7 Å². The summed E-state index contributed by atoms with van der Waals surface area (Å²) in [7, 11) is 0. The van der Waals surface area contributed by atoms with Gasteiger partial charge >= 0.3 is 0 Å². The monoisotopic (exact) mass is 147 g/mol. The van der Waals surface area contributed by atoms with Gasteiger partial charge in [0, 0.05) is 11.1 Å². The first-order valence-corrected chi connectivity index (χ1v) is 3.58. The zero-order valence-electron chi connectivity index (χ0n) is 6.59. The predicted molar refractivity (Wildman–Crippen MR) is 43.5 cm³/mol. The molecule has 56 valence electrons. The van der Waals surface area contributed by atoms with Crippen LogP contribution in [0, 0.1) is 13.8 Å². The Morgan fingerprint density at radius 1 is 1.36 bits per heavy atom. The van der Waals surface area contributed by atoms with Crippen molar-refractivity contribution in [1.29, 1.82) is 0 Å². The third-order valence-corrected chi connectivity index (χ3v) is 1.79. The Kier molecular flexibility index (Phi) is 1.22. The van der Waals surface area contributed by atoms with Gasteiger partial charge in [-0.2, -0.15) is 0 Å². The van der Waals surface area contributed by atoms with Crippen LogP contribution in [0.1, 0.15) is 11.3 Å². The molecule has 11 heavy (non-hydrogen) atoms. The first-order valence-electron chi connectivity index (χ1n) is 3.58. The number of rotatable bonds is 0. The summed E-state index contributed by atoms with van der Waals surface area (Å²) in [5.74, 6) is 0. The van der Waals surface area contributed by atoms with E-state index in [2.05, 4.69) is 4.98 Å². The van der Waals surface area contributed by atoms with Crippen molar-refractivity contribution in [3.8, 4) is 0 Å². The lowest BCUT2D eigenvalue weighted by Crippen LogP contribution is -1.77. The van der Waals surface area contributed by atoms with Crippen LogP contribution in [-0.2, 0) is 0 Å². The maximum atomic E-state index is 5.24. The zero-order valence-corrected chi connectivity index (χ0v) is 6.59. The first kappa shape index (κ1) is 6.40. The van der Waals surface area contributed by atoms with E-state index in [9.17, 15) is 0 Å². The Labute approximate surface area is 64.9 Å². The van der Waals surface area contributed by atoms with Crippen molar-refractivity contribution in [2.75, 3.05) is 0 Å². The van der Waals surface area contributed by atoms with Crippen molar-refractivity contribution in [2.24, 2.45) is 0 Å². The van der Waals surface area contributed by atoms with E-state index in [4.69, 9.17) is 4.42 Å². The van der Waals surface area contributed by atoms with Crippen LogP contribution in [0.4, 0.5) is 0 Å². The van der Waals surface area contributed by atoms with Crippen molar-refractivity contribution in [3.63, 3.8) is 0 Å². The molecule has 2 rings (SSSR count). The fourth-order valence-corrected chi connectivity index (χ4v) is 1.16. The van der Waals surface area contributed by atoms with Crippen LogP contribution >= 0.6 is 0 Å². The molecule has 0 radical (unpaired) electrons. The fraction of sp³-hybridized carbons (Fsp3) is 0.222. The van der Waals surface area contributed by atoms with Crippen molar-refractivity contribution < 1.29 is 4.42 Å². The molecule has 2 aromatic rings. The van der Waals surface area contributed by atoms with E-state index in [-0.39, 0.29) is 0 Å². The highest BCUT2D eigenvalue weighted by Crippen LogP contribution is 2.19. The molecule has 0 atom stereocenters. The second kappa shape index (κ2) is 2.09. The second-order valence-corrected chi connectivity index (χ2v) is 2.74. The molecule has 0 fully saturated rings. The summed E-state index contributed by atoms with van der Waals surface area (Å²) in [5.41, 5.74) is 3.07. The minimum absolute atomic E-state index is 0.869. The molecule has 0 saturated carbocycles. The van der Waals surface area contributed by atoms with Crippen molar-refractivity contribution in [1.82, 2.24) is 4.98 Å². The molecule has 0 aliphatic rings. The van der Waals surface area contributed by atoms with Crippen LogP contribution in [0.5, 0.6) is 0 Å². The molecule has 0 N–H and O–H groups in total. The summed E-state index contributed by atoms with van der Waals surface area (Å²) in [6, 6.07) is 2.04. The normalized spacial score (nSPS) is 10.7. The van der Waals surface area contributed by atoms with Gasteiger partial charge in [-0.15, -0.1) is 0 Å². The zero-order chi connectivity index (χ0) is 7.84. The highest BCUT2D eigenvalue weighted by Gasteiger charge is 2.00. The van der Waals surface area contributed by atoms with E-state index >= 15 is 0 Å². The fourth-order valence-electron chi connectivity index (χ4n) is 1.16. The summed E-state index contributed by atoms with van der Waals surface area (Å²) >= 11 is 0. The summed E-state index contributed by atoms with van der Waals surface area (Å²) in [5, 5.41) is 1.16. The molecule has 0 amide bonds. The molecule has 2 aromatic heterocycles. The lowest BCUT2D eigenvalue weighted by molar-refractivity contribution is 0.611. The Bertz CT molecular complexity index is 389. The number of hydrogen-bond donors (Lipinski definition) is 0. The first-order chi connectivity index (χ1) is 5.27. The lowest BCUT2D eigenvalue weighted by Gasteiger charge is -1.90. The van der Waals surface area contributed by atoms with Gasteiger partial charge < -0.3 is 4.42 Å². The van der Waals surface area contributed by atoms with Crippen LogP contribution < -0.4 is 0 Å². The summed E-state index contributed by atoms with van der Waals surface area (Å²) in [4.78, 5) is 4.13. The van der Waals surface area contributed by atoms with Crippen molar-refractivity contribution in [3.05, 3.63) is 29.8 Å². The van der Waals surface area contributed by atoms with E-state index in [0.29, 0.717) is 0 Å². The molecule has 2 heteroatoms. The maximum absolute atomic E-state index is 5.24. The topological polar surface area (TPSA) is 26.0 Å². The standard InChI is InChI=1S/C9H9NO/c1-6-5-11-9-4-10-7(2)3-8(6)9/h3-5H,1-2H3. The Hall–Kier alpha value is -1.31. The average Bonchev–Trinajstić information content (AvgIpc) is 2.33. The molecule has 0 aliphatic carbocycles. The number of aromatic nitrogens is 1. The number of fused-ring (bicyclic) bond motifs is 1. The second-order valence-electron chi connectivity index (χ2n) is 2.74. The van der Waals surface area contributed by atoms with Gasteiger partial charge in [0.05, 0.1) is 12.5 Å². The van der Waals surface area contributed by atoms with Crippen LogP contribution in [-0.4, -0.2) is 4.98 Å². The van der Waals surface area contributed by atoms with Gasteiger partial charge in [-0.1, -0.05) is 0 Å². The number of pyridine rings is 1. The number of hydrogen-bond acceptors (Lipinski definition) is 2. The third kappa shape index (κ3) is 0.909. The van der Waals surface area contributed by atoms with E-state index in [1.807, 2.05) is 19.9 Å². The van der Waals surface area contributed by atoms with E-state index < -0.39 is 0 Å². The Morgan fingerprint density at radius 2 is 2.18 bits per heavy atom. The SMILES string of the molecule is Cc1cc2c(C)coc2cn1. The molecule has 0 unspecified atom stereocenters. The molecule has 0 aliphatic heterocycles. The molecule has 0 spiro atoms. The molecule has 0 aromatic carbocycles. The average molecular weight is 147 g/mol. The highest BCUT2D eigenvalue weighted by atomic mass is 16.3. The molecule has 0 saturated heterocycles. The maximum Gasteiger partial charge on any atom is 0.152 e. The molecule has 2 nitrogen and oxygen atoms in total. The Morgan fingerprint density at radius 3 is 3.00 bits per heavy atom. The summed E-state index contributed by atoms with van der Waals surface area (Å²) < 4.78 is 5.24. The van der Waals surface area contributed by atoms with Gasteiger partial charge in [0.15, 0.2) is 5.58 Å². The van der Waals surface area contributed by atoms with Crippen LogP contribution in [0.3, 0.4) is 0 Å². The van der Waals surface area contributed by atoms with Gasteiger partial charge in [0.25, 0.3) is 0 Å². The largest absolute Gasteiger partial charge is 0.462 e.